The van der Waals surface area contributed by atoms with E-state index >= 15 is 0 Å². The van der Waals surface area contributed by atoms with Gasteiger partial charge in [0, 0.05) is 12.6 Å². The van der Waals surface area contributed by atoms with Gasteiger partial charge in [-0.15, -0.1) is 0 Å². The van der Waals surface area contributed by atoms with E-state index in [4.69, 9.17) is 4.74 Å². The molecule has 1 fully saturated rings. The topological polar surface area (TPSA) is 34.4 Å². The molecule has 0 saturated carbocycles. The van der Waals surface area contributed by atoms with Gasteiger partial charge in [-0.05, 0) is 25.5 Å². The fourth-order valence-electron chi connectivity index (χ4n) is 1.62. The van der Waals surface area contributed by atoms with Crippen molar-refractivity contribution in [2.45, 2.75) is 25.1 Å². The van der Waals surface area contributed by atoms with Crippen LogP contribution in [0.4, 0.5) is 13.2 Å². The van der Waals surface area contributed by atoms with Crippen molar-refractivity contribution in [1.82, 2.24) is 5.32 Å². The molecule has 0 aromatic carbocycles. The summed E-state index contributed by atoms with van der Waals surface area (Å²) in [5, 5.41) is 3.10. The molecule has 1 saturated heterocycles. The van der Waals surface area contributed by atoms with Crippen molar-refractivity contribution in [3.8, 4) is 5.95 Å². The van der Waals surface area contributed by atoms with Crippen LogP contribution in [0.1, 0.15) is 18.6 Å². The molecule has 3 nitrogen and oxygen atoms in total. The minimum absolute atomic E-state index is 0.0685. The van der Waals surface area contributed by atoms with E-state index in [1.54, 1.807) is 0 Å². The standard InChI is InChI=1S/C10H12F3NO2/c11-10(12,13)8-3-4-9(16-8)15-7-2-1-5-14-6-7/h3-4,7,14H,1-2,5-6H2. The Morgan fingerprint density at radius 1 is 1.38 bits per heavy atom. The van der Waals surface area contributed by atoms with Crippen LogP contribution in [0, 0.1) is 0 Å². The van der Waals surface area contributed by atoms with Crippen molar-refractivity contribution in [3.63, 3.8) is 0 Å². The van der Waals surface area contributed by atoms with Gasteiger partial charge in [-0.1, -0.05) is 0 Å². The van der Waals surface area contributed by atoms with Gasteiger partial charge in [0.1, 0.15) is 6.10 Å². The zero-order valence-electron chi connectivity index (χ0n) is 8.51. The molecule has 1 aromatic rings. The summed E-state index contributed by atoms with van der Waals surface area (Å²) in [6.45, 7) is 1.56. The molecule has 0 bridgehead atoms. The molecule has 1 aromatic heterocycles. The number of halogens is 3. The van der Waals surface area contributed by atoms with Crippen LogP contribution >= 0.6 is 0 Å². The highest BCUT2D eigenvalue weighted by molar-refractivity contribution is 5.14. The second-order valence-corrected chi connectivity index (χ2v) is 3.70. The number of hydrogen-bond donors (Lipinski definition) is 1. The molecule has 6 heteroatoms. The lowest BCUT2D eigenvalue weighted by molar-refractivity contribution is -0.154. The molecule has 0 radical (unpaired) electrons. The highest BCUT2D eigenvalue weighted by atomic mass is 19.4. The van der Waals surface area contributed by atoms with Gasteiger partial charge in [-0.25, -0.2) is 0 Å². The van der Waals surface area contributed by atoms with Crippen molar-refractivity contribution >= 4 is 0 Å². The van der Waals surface area contributed by atoms with Crippen LogP contribution in [0.5, 0.6) is 5.95 Å². The predicted molar refractivity (Wildman–Crippen MR) is 50.2 cm³/mol. The van der Waals surface area contributed by atoms with Crippen LogP contribution in [0.2, 0.25) is 0 Å². The lowest BCUT2D eigenvalue weighted by Crippen LogP contribution is -2.37. The number of ether oxygens (including phenoxy) is 1. The molecule has 0 spiro atoms. The molecular formula is C10H12F3NO2. The van der Waals surface area contributed by atoms with E-state index in [0.29, 0.717) is 6.54 Å². The third-order valence-corrected chi connectivity index (χ3v) is 2.40. The van der Waals surface area contributed by atoms with E-state index in [9.17, 15) is 13.2 Å². The Hall–Kier alpha value is -1.17. The van der Waals surface area contributed by atoms with Gasteiger partial charge in [-0.2, -0.15) is 13.2 Å². The molecule has 1 atom stereocenters. The number of rotatable bonds is 2. The SMILES string of the molecule is FC(F)(F)c1ccc(OC2CCCNC2)o1. The average molecular weight is 235 g/mol. The smallest absolute Gasteiger partial charge is 0.449 e. The van der Waals surface area contributed by atoms with Crippen LogP contribution in [-0.4, -0.2) is 19.2 Å². The van der Waals surface area contributed by atoms with E-state index in [0.717, 1.165) is 25.5 Å². The number of alkyl halides is 3. The van der Waals surface area contributed by atoms with E-state index in [2.05, 4.69) is 9.73 Å². The highest BCUT2D eigenvalue weighted by Gasteiger charge is 2.35. The highest BCUT2D eigenvalue weighted by Crippen LogP contribution is 2.33. The minimum atomic E-state index is -4.45. The number of piperidine rings is 1. The fraction of sp³-hybridized carbons (Fsp3) is 0.600. The average Bonchev–Trinajstić information content (AvgIpc) is 2.67. The molecule has 90 valence electrons. The van der Waals surface area contributed by atoms with Crippen molar-refractivity contribution < 1.29 is 22.3 Å². The van der Waals surface area contributed by atoms with Crippen LogP contribution in [0.25, 0.3) is 0 Å². The lowest BCUT2D eigenvalue weighted by atomic mass is 10.1. The molecule has 1 aliphatic heterocycles. The predicted octanol–water partition coefficient (Wildman–Crippen LogP) is 2.43. The Kier molecular flexibility index (Phi) is 3.09. The van der Waals surface area contributed by atoms with Crippen LogP contribution < -0.4 is 10.1 Å². The molecule has 0 amide bonds. The first-order valence-corrected chi connectivity index (χ1v) is 5.10. The monoisotopic (exact) mass is 235 g/mol. The summed E-state index contributed by atoms with van der Waals surface area (Å²) in [5.74, 6) is -1.09. The third-order valence-electron chi connectivity index (χ3n) is 2.40. The van der Waals surface area contributed by atoms with Gasteiger partial charge in [-0.3, -0.25) is 0 Å². The molecule has 16 heavy (non-hydrogen) atoms. The zero-order valence-corrected chi connectivity index (χ0v) is 8.51. The first kappa shape index (κ1) is 11.3. The molecule has 1 N–H and O–H groups in total. The molecule has 2 rings (SSSR count). The van der Waals surface area contributed by atoms with Gasteiger partial charge in [0.2, 0.25) is 5.76 Å². The Bertz CT molecular complexity index is 342. The van der Waals surface area contributed by atoms with Gasteiger partial charge in [0.05, 0.1) is 0 Å². The maximum absolute atomic E-state index is 12.2. The van der Waals surface area contributed by atoms with E-state index in [1.165, 1.54) is 6.07 Å². The fourth-order valence-corrected chi connectivity index (χ4v) is 1.62. The summed E-state index contributed by atoms with van der Waals surface area (Å²) >= 11 is 0. The quantitative estimate of drug-likeness (QED) is 0.854. The summed E-state index contributed by atoms with van der Waals surface area (Å²) < 4.78 is 46.5. The largest absolute Gasteiger partial charge is 0.460 e. The van der Waals surface area contributed by atoms with Crippen LogP contribution in [0.15, 0.2) is 16.5 Å². The maximum Gasteiger partial charge on any atom is 0.449 e. The Morgan fingerprint density at radius 3 is 2.75 bits per heavy atom. The minimum Gasteiger partial charge on any atom is -0.460 e. The molecule has 1 aliphatic rings. The normalized spacial score (nSPS) is 22.1. The summed E-state index contributed by atoms with van der Waals surface area (Å²) in [6.07, 6.45) is -2.78. The first-order valence-electron chi connectivity index (χ1n) is 5.10. The molecule has 2 heterocycles. The zero-order chi connectivity index (χ0) is 11.6. The van der Waals surface area contributed by atoms with Gasteiger partial charge < -0.3 is 14.5 Å². The van der Waals surface area contributed by atoms with Crippen molar-refractivity contribution in [1.29, 1.82) is 0 Å². The summed E-state index contributed by atoms with van der Waals surface area (Å²) in [4.78, 5) is 0. The number of hydrogen-bond acceptors (Lipinski definition) is 3. The van der Waals surface area contributed by atoms with E-state index in [1.807, 2.05) is 0 Å². The van der Waals surface area contributed by atoms with Gasteiger partial charge in [0.15, 0.2) is 0 Å². The van der Waals surface area contributed by atoms with Gasteiger partial charge in [0.25, 0.3) is 5.95 Å². The van der Waals surface area contributed by atoms with Crippen molar-refractivity contribution in [2.75, 3.05) is 13.1 Å². The molecular weight excluding hydrogens is 223 g/mol. The van der Waals surface area contributed by atoms with Gasteiger partial charge >= 0.3 is 6.18 Å². The van der Waals surface area contributed by atoms with Crippen molar-refractivity contribution in [2.24, 2.45) is 0 Å². The summed E-state index contributed by atoms with van der Waals surface area (Å²) in [5.41, 5.74) is 0. The third kappa shape index (κ3) is 2.69. The first-order chi connectivity index (χ1) is 7.55. The second-order valence-electron chi connectivity index (χ2n) is 3.70. The number of furan rings is 1. The van der Waals surface area contributed by atoms with Crippen LogP contribution in [0.3, 0.4) is 0 Å². The van der Waals surface area contributed by atoms with Crippen molar-refractivity contribution in [3.05, 3.63) is 17.9 Å². The second kappa shape index (κ2) is 4.37. The Balaban J connectivity index is 1.97. The summed E-state index contributed by atoms with van der Waals surface area (Å²) in [7, 11) is 0. The Labute approximate surface area is 90.6 Å². The number of nitrogens with one attached hydrogen (secondary N) is 1. The molecule has 0 aliphatic carbocycles. The van der Waals surface area contributed by atoms with E-state index in [-0.39, 0.29) is 12.1 Å². The molecule has 1 unspecified atom stereocenters. The lowest BCUT2D eigenvalue weighted by Gasteiger charge is -2.22. The maximum atomic E-state index is 12.2. The van der Waals surface area contributed by atoms with Crippen LogP contribution in [-0.2, 0) is 6.18 Å². The Morgan fingerprint density at radius 2 is 2.19 bits per heavy atom. The van der Waals surface area contributed by atoms with E-state index < -0.39 is 11.9 Å². The summed E-state index contributed by atoms with van der Waals surface area (Å²) in [6, 6.07) is 2.09.